The Balaban J connectivity index is 1.55. The Kier molecular flexibility index (Phi) is 8.79. The summed E-state index contributed by atoms with van der Waals surface area (Å²) in [5, 5.41) is 7.47. The lowest BCUT2D eigenvalue weighted by Gasteiger charge is -2.23. The molecule has 2 amide bonds. The van der Waals surface area contributed by atoms with Gasteiger partial charge in [-0.2, -0.15) is 5.10 Å². The van der Waals surface area contributed by atoms with Crippen molar-refractivity contribution in [2.75, 3.05) is 31.4 Å². The number of halogens is 1. The lowest BCUT2D eigenvalue weighted by Crippen LogP contribution is -2.42. The van der Waals surface area contributed by atoms with Crippen LogP contribution in [0.15, 0.2) is 97.2 Å². The van der Waals surface area contributed by atoms with E-state index in [2.05, 4.69) is 10.3 Å². The van der Waals surface area contributed by atoms with Crippen LogP contribution >= 0.6 is 11.8 Å². The number of aromatic nitrogens is 3. The minimum absolute atomic E-state index is 0.0743. The molecule has 3 aromatic carbocycles. The Morgan fingerprint density at radius 3 is 2.49 bits per heavy atom. The van der Waals surface area contributed by atoms with Crippen molar-refractivity contribution in [1.82, 2.24) is 20.1 Å². The van der Waals surface area contributed by atoms with Crippen LogP contribution in [0.4, 0.5) is 10.2 Å². The first kappa shape index (κ1) is 29.9. The molecule has 1 aliphatic heterocycles. The number of carbonyl (C=O) groups is 2. The summed E-state index contributed by atoms with van der Waals surface area (Å²) in [4.78, 5) is 33.1. The zero-order valence-corrected chi connectivity index (χ0v) is 25.5. The number of rotatable bonds is 9. The average molecular weight is 624 g/mol. The van der Waals surface area contributed by atoms with Gasteiger partial charge in [-0.1, -0.05) is 36.4 Å². The van der Waals surface area contributed by atoms with E-state index in [0.717, 1.165) is 11.1 Å². The molecule has 1 aliphatic rings. The van der Waals surface area contributed by atoms with Gasteiger partial charge in [0.05, 0.1) is 48.8 Å². The van der Waals surface area contributed by atoms with Crippen molar-refractivity contribution in [3.8, 4) is 28.4 Å². The molecule has 6 rings (SSSR count). The zero-order chi connectivity index (χ0) is 31.3. The Morgan fingerprint density at radius 2 is 1.78 bits per heavy atom. The molecule has 0 fully saturated rings. The summed E-state index contributed by atoms with van der Waals surface area (Å²) in [5.74, 6) is 0.681. The monoisotopic (exact) mass is 623 g/mol. The summed E-state index contributed by atoms with van der Waals surface area (Å²) in [6.45, 7) is -0.0538. The van der Waals surface area contributed by atoms with Gasteiger partial charge in [-0.25, -0.2) is 9.07 Å². The number of thioether (sulfide) groups is 1. The highest BCUT2D eigenvalue weighted by atomic mass is 32.2. The molecule has 9 nitrogen and oxygen atoms in total. The fourth-order valence-corrected chi connectivity index (χ4v) is 6.48. The number of amides is 2. The second-order valence-corrected chi connectivity index (χ2v) is 11.3. The second-order valence-electron chi connectivity index (χ2n) is 10.2. The Bertz CT molecular complexity index is 1820. The number of methoxy groups -OCH3 is 2. The highest BCUT2D eigenvalue weighted by Crippen LogP contribution is 2.51. The summed E-state index contributed by atoms with van der Waals surface area (Å²) in [7, 11) is 3.19. The van der Waals surface area contributed by atoms with Gasteiger partial charge >= 0.3 is 0 Å². The van der Waals surface area contributed by atoms with Gasteiger partial charge in [0.2, 0.25) is 11.8 Å². The maximum absolute atomic E-state index is 14.1. The van der Waals surface area contributed by atoms with E-state index in [-0.39, 0.29) is 30.7 Å². The van der Waals surface area contributed by atoms with Gasteiger partial charge in [0, 0.05) is 22.9 Å². The fourth-order valence-electron chi connectivity index (χ4n) is 5.27. The normalized spacial score (nSPS) is 14.4. The largest absolute Gasteiger partial charge is 0.497 e. The summed E-state index contributed by atoms with van der Waals surface area (Å²) in [6.07, 6.45) is 1.66. The van der Waals surface area contributed by atoms with Gasteiger partial charge in [-0.3, -0.25) is 19.5 Å². The van der Waals surface area contributed by atoms with Crippen LogP contribution in [-0.4, -0.2) is 53.1 Å². The molecule has 228 valence electrons. The molecule has 3 heterocycles. The van der Waals surface area contributed by atoms with Crippen LogP contribution in [0.1, 0.15) is 22.1 Å². The van der Waals surface area contributed by atoms with E-state index in [1.54, 1.807) is 43.3 Å². The Labute approximate surface area is 264 Å². The zero-order valence-electron chi connectivity index (χ0n) is 24.6. The minimum Gasteiger partial charge on any atom is -0.497 e. The highest BCUT2D eigenvalue weighted by molar-refractivity contribution is 8.00. The molecular weight excluding hydrogens is 593 g/mol. The SMILES string of the molecule is COc1ccc(OC)c([C@@H]2SCC(=O)N(CC(=O)NCc3ccccn3)c3c2c(-c2ccccc2)nn3-c2ccc(F)cc2)c1. The number of nitrogens with zero attached hydrogens (tertiary/aromatic N) is 4. The molecule has 0 radical (unpaired) electrons. The van der Waals surface area contributed by atoms with Crippen molar-refractivity contribution in [3.63, 3.8) is 0 Å². The van der Waals surface area contributed by atoms with Crippen molar-refractivity contribution >= 4 is 29.4 Å². The lowest BCUT2D eigenvalue weighted by molar-refractivity contribution is -0.123. The van der Waals surface area contributed by atoms with Crippen LogP contribution in [0.2, 0.25) is 0 Å². The number of benzene rings is 3. The van der Waals surface area contributed by atoms with Crippen LogP contribution in [-0.2, 0) is 16.1 Å². The number of fused-ring (bicyclic) bond motifs is 1. The third-order valence-corrected chi connectivity index (χ3v) is 8.66. The molecule has 0 aliphatic carbocycles. The predicted octanol–water partition coefficient (Wildman–Crippen LogP) is 5.58. The number of pyridine rings is 1. The quantitative estimate of drug-likeness (QED) is 0.229. The van der Waals surface area contributed by atoms with E-state index in [4.69, 9.17) is 14.6 Å². The van der Waals surface area contributed by atoms with Crippen molar-refractivity contribution in [2.24, 2.45) is 0 Å². The first-order chi connectivity index (χ1) is 22.0. The van der Waals surface area contributed by atoms with E-state index in [9.17, 15) is 14.0 Å². The number of hydrogen-bond acceptors (Lipinski definition) is 7. The standard InChI is InChI=1S/C34H30FN5O4S/c1-43-26-15-16-28(44-2)27(18-26)33-31-32(22-8-4-3-5-9-22)38-40(25-13-11-23(35)12-14-25)34(31)39(30(42)21-45-33)20-29(41)37-19-24-10-6-7-17-36-24/h3-18,33H,19-21H2,1-2H3,(H,37,41)/t33-/m0/s1. The predicted molar refractivity (Wildman–Crippen MR) is 171 cm³/mol. The lowest BCUT2D eigenvalue weighted by atomic mass is 9.98. The van der Waals surface area contributed by atoms with Crippen molar-refractivity contribution < 1.29 is 23.5 Å². The average Bonchev–Trinajstić information content (AvgIpc) is 3.41. The Hall–Kier alpha value is -5.16. The van der Waals surface area contributed by atoms with Crippen LogP contribution < -0.4 is 19.7 Å². The molecule has 1 atom stereocenters. The third kappa shape index (κ3) is 6.25. The molecular formula is C34H30FN5O4S. The third-order valence-electron chi connectivity index (χ3n) is 7.42. The molecule has 45 heavy (non-hydrogen) atoms. The maximum atomic E-state index is 14.1. The van der Waals surface area contributed by atoms with Crippen LogP contribution in [0, 0.1) is 5.82 Å². The van der Waals surface area contributed by atoms with Crippen LogP contribution in [0.25, 0.3) is 16.9 Å². The van der Waals surface area contributed by atoms with E-state index in [0.29, 0.717) is 40.0 Å². The minimum atomic E-state index is -0.444. The van der Waals surface area contributed by atoms with E-state index in [1.807, 2.05) is 60.7 Å². The van der Waals surface area contributed by atoms with Gasteiger partial charge in [-0.05, 0) is 54.6 Å². The molecule has 0 saturated carbocycles. The number of anilines is 1. The first-order valence-electron chi connectivity index (χ1n) is 14.2. The number of carbonyl (C=O) groups excluding carboxylic acids is 2. The first-order valence-corrected chi connectivity index (χ1v) is 15.3. The molecule has 0 spiro atoms. The van der Waals surface area contributed by atoms with Gasteiger partial charge in [-0.15, -0.1) is 11.8 Å². The summed E-state index contributed by atoms with van der Waals surface area (Å²) < 4.78 is 27.0. The second kappa shape index (κ2) is 13.2. The van der Waals surface area contributed by atoms with Gasteiger partial charge < -0.3 is 14.8 Å². The van der Waals surface area contributed by atoms with E-state index in [1.165, 1.54) is 28.8 Å². The number of ether oxygens (including phenoxy) is 2. The summed E-state index contributed by atoms with van der Waals surface area (Å²) in [6, 6.07) is 26.5. The van der Waals surface area contributed by atoms with Crippen LogP contribution in [0.5, 0.6) is 11.5 Å². The van der Waals surface area contributed by atoms with Crippen molar-refractivity contribution in [3.05, 3.63) is 120 Å². The van der Waals surface area contributed by atoms with Gasteiger partial charge in [0.15, 0.2) is 0 Å². The summed E-state index contributed by atoms with van der Waals surface area (Å²) in [5.41, 5.74) is 4.16. The smallest absolute Gasteiger partial charge is 0.240 e. The Morgan fingerprint density at radius 1 is 1.00 bits per heavy atom. The molecule has 11 heteroatoms. The fraction of sp³-hybridized carbons (Fsp3) is 0.176. The molecule has 2 aromatic heterocycles. The molecule has 0 unspecified atom stereocenters. The van der Waals surface area contributed by atoms with Crippen molar-refractivity contribution in [1.29, 1.82) is 0 Å². The van der Waals surface area contributed by atoms with Crippen LogP contribution in [0.3, 0.4) is 0 Å². The van der Waals surface area contributed by atoms with Crippen molar-refractivity contribution in [2.45, 2.75) is 11.8 Å². The molecule has 5 aromatic rings. The number of hydrogen-bond donors (Lipinski definition) is 1. The maximum Gasteiger partial charge on any atom is 0.240 e. The summed E-state index contributed by atoms with van der Waals surface area (Å²) >= 11 is 1.42. The topological polar surface area (TPSA) is 98.6 Å². The molecule has 0 saturated heterocycles. The highest BCUT2D eigenvalue weighted by Gasteiger charge is 2.38. The molecule has 0 bridgehead atoms. The van der Waals surface area contributed by atoms with E-state index >= 15 is 0 Å². The number of nitrogens with one attached hydrogen (secondary N) is 1. The van der Waals surface area contributed by atoms with Gasteiger partial charge in [0.25, 0.3) is 0 Å². The molecule has 1 N–H and O–H groups in total. The van der Waals surface area contributed by atoms with E-state index < -0.39 is 11.1 Å². The van der Waals surface area contributed by atoms with Gasteiger partial charge in [0.1, 0.15) is 29.7 Å².